The second-order valence-corrected chi connectivity index (χ2v) is 7.28. The number of aryl methyl sites for hydroxylation is 2. The van der Waals surface area contributed by atoms with Gasteiger partial charge in [0.2, 0.25) is 5.91 Å². The Morgan fingerprint density at radius 1 is 1.14 bits per heavy atom. The van der Waals surface area contributed by atoms with Gasteiger partial charge in [0.15, 0.2) is 0 Å². The van der Waals surface area contributed by atoms with Gasteiger partial charge in [-0.05, 0) is 31.0 Å². The molecule has 1 aliphatic rings. The number of nitrogens with zero attached hydrogens (tertiary/aromatic N) is 2. The number of benzene rings is 1. The number of methoxy groups -OCH3 is 2. The van der Waals surface area contributed by atoms with Crippen LogP contribution in [0.5, 0.6) is 17.2 Å². The van der Waals surface area contributed by atoms with Crippen LogP contribution in [0, 0.1) is 6.92 Å². The molecule has 0 N–H and O–H groups in total. The number of ether oxygens (including phenoxy) is 3. The van der Waals surface area contributed by atoms with Gasteiger partial charge in [0.05, 0.1) is 20.8 Å². The highest BCUT2D eigenvalue weighted by Gasteiger charge is 2.27. The van der Waals surface area contributed by atoms with Crippen LogP contribution in [0.15, 0.2) is 35.1 Å². The summed E-state index contributed by atoms with van der Waals surface area (Å²) < 4.78 is 18.1. The van der Waals surface area contributed by atoms with Crippen LogP contribution in [0.2, 0.25) is 0 Å². The van der Waals surface area contributed by atoms with Gasteiger partial charge in [-0.1, -0.05) is 6.07 Å². The van der Waals surface area contributed by atoms with Gasteiger partial charge < -0.3 is 23.7 Å². The molecule has 0 saturated carbocycles. The van der Waals surface area contributed by atoms with Crippen LogP contribution in [0.25, 0.3) is 0 Å². The average Bonchev–Trinajstić information content (AvgIpc) is 3.18. The van der Waals surface area contributed by atoms with Crippen LogP contribution in [0.3, 0.4) is 0 Å². The molecule has 0 radical (unpaired) electrons. The number of rotatable bonds is 7. The number of aromatic nitrogens is 1. The Labute approximate surface area is 170 Å². The van der Waals surface area contributed by atoms with Crippen LogP contribution in [-0.4, -0.2) is 48.8 Å². The van der Waals surface area contributed by atoms with Gasteiger partial charge in [-0.3, -0.25) is 9.59 Å². The van der Waals surface area contributed by atoms with Crippen molar-refractivity contribution in [1.29, 1.82) is 0 Å². The number of hydrogen-bond donors (Lipinski definition) is 0. The van der Waals surface area contributed by atoms with E-state index in [0.717, 1.165) is 29.2 Å². The minimum atomic E-state index is -0.0978. The summed E-state index contributed by atoms with van der Waals surface area (Å²) in [5.74, 6) is 2.10. The maximum atomic E-state index is 12.6. The fourth-order valence-corrected chi connectivity index (χ4v) is 3.51. The minimum Gasteiger partial charge on any atom is -0.497 e. The summed E-state index contributed by atoms with van der Waals surface area (Å²) in [6.07, 6.45) is 1.66. The maximum Gasteiger partial charge on any atom is 0.254 e. The molecular weight excluding hydrogens is 372 g/mol. The summed E-state index contributed by atoms with van der Waals surface area (Å²) in [7, 11) is 4.95. The Morgan fingerprint density at radius 2 is 1.93 bits per heavy atom. The largest absolute Gasteiger partial charge is 0.497 e. The Bertz CT molecular complexity index is 937. The van der Waals surface area contributed by atoms with Gasteiger partial charge in [-0.25, -0.2) is 0 Å². The first-order chi connectivity index (χ1) is 13.9. The lowest BCUT2D eigenvalue weighted by molar-refractivity contribution is -0.130. The number of pyridine rings is 1. The van der Waals surface area contributed by atoms with Gasteiger partial charge in [0.1, 0.15) is 23.4 Å². The van der Waals surface area contributed by atoms with E-state index in [4.69, 9.17) is 14.2 Å². The minimum absolute atomic E-state index is 0.0918. The molecule has 2 heterocycles. The third-order valence-electron chi connectivity index (χ3n) is 5.38. The Morgan fingerprint density at radius 3 is 2.62 bits per heavy atom. The molecule has 7 heteroatoms. The van der Waals surface area contributed by atoms with E-state index in [-0.39, 0.29) is 17.6 Å². The quantitative estimate of drug-likeness (QED) is 0.713. The van der Waals surface area contributed by atoms with Crippen molar-refractivity contribution in [3.63, 3.8) is 0 Å². The number of likely N-dealkylation sites (tertiary alicyclic amines) is 1. The second kappa shape index (κ2) is 9.03. The lowest BCUT2D eigenvalue weighted by Crippen LogP contribution is -2.31. The first-order valence-electron chi connectivity index (χ1n) is 9.74. The van der Waals surface area contributed by atoms with Crippen LogP contribution in [0.1, 0.15) is 24.1 Å². The van der Waals surface area contributed by atoms with Crippen LogP contribution in [-0.2, 0) is 18.3 Å². The van der Waals surface area contributed by atoms with Crippen molar-refractivity contribution in [1.82, 2.24) is 9.47 Å². The summed E-state index contributed by atoms with van der Waals surface area (Å²) in [5, 5.41) is 0. The molecule has 3 rings (SSSR count). The van der Waals surface area contributed by atoms with Crippen molar-refractivity contribution in [3.8, 4) is 17.2 Å². The number of carbonyl (C=O) groups excluding carboxylic acids is 1. The van der Waals surface area contributed by atoms with Crippen LogP contribution >= 0.6 is 0 Å². The third-order valence-corrected chi connectivity index (χ3v) is 5.38. The molecular formula is C22H28N2O5. The zero-order valence-corrected chi connectivity index (χ0v) is 17.4. The van der Waals surface area contributed by atoms with E-state index in [2.05, 4.69) is 0 Å². The van der Waals surface area contributed by atoms with E-state index in [1.165, 1.54) is 6.07 Å². The molecule has 1 amide bonds. The standard InChI is InChI=1S/C22H28N2O5/c1-15-11-19(13-22(26)23(15)2)29-18-9-10-24(14-18)21(25)8-6-16-5-7-17(27-3)12-20(16)28-4/h5,7,11-13,18H,6,8-10,14H2,1-4H3. The van der Waals surface area contributed by atoms with Crippen molar-refractivity contribution in [2.75, 3.05) is 27.3 Å². The molecule has 1 fully saturated rings. The summed E-state index contributed by atoms with van der Waals surface area (Å²) in [4.78, 5) is 26.4. The normalized spacial score (nSPS) is 16.0. The molecule has 7 nitrogen and oxygen atoms in total. The fourth-order valence-electron chi connectivity index (χ4n) is 3.51. The Kier molecular flexibility index (Phi) is 6.46. The molecule has 29 heavy (non-hydrogen) atoms. The monoisotopic (exact) mass is 400 g/mol. The molecule has 156 valence electrons. The average molecular weight is 400 g/mol. The smallest absolute Gasteiger partial charge is 0.254 e. The number of amides is 1. The molecule has 0 bridgehead atoms. The summed E-state index contributed by atoms with van der Waals surface area (Å²) in [6.45, 7) is 3.06. The fraction of sp³-hybridized carbons (Fsp3) is 0.455. The van der Waals surface area contributed by atoms with Crippen molar-refractivity contribution in [3.05, 3.63) is 51.9 Å². The molecule has 0 aliphatic carbocycles. The number of carbonyl (C=O) groups is 1. The highest BCUT2D eigenvalue weighted by molar-refractivity contribution is 5.77. The predicted octanol–water partition coefficient (Wildman–Crippen LogP) is 2.32. The lowest BCUT2D eigenvalue weighted by atomic mass is 10.1. The Hall–Kier alpha value is -2.96. The zero-order valence-electron chi connectivity index (χ0n) is 17.4. The van der Waals surface area contributed by atoms with Gasteiger partial charge in [0, 0.05) is 44.3 Å². The first kappa shape index (κ1) is 20.8. The summed E-state index contributed by atoms with van der Waals surface area (Å²) in [6, 6.07) is 8.97. The predicted molar refractivity (Wildman–Crippen MR) is 110 cm³/mol. The number of hydrogen-bond acceptors (Lipinski definition) is 5. The maximum absolute atomic E-state index is 12.6. The zero-order chi connectivity index (χ0) is 21.0. The highest BCUT2D eigenvalue weighted by atomic mass is 16.5. The van der Waals surface area contributed by atoms with Crippen molar-refractivity contribution < 1.29 is 19.0 Å². The van der Waals surface area contributed by atoms with E-state index in [1.807, 2.05) is 36.1 Å². The molecule has 1 saturated heterocycles. The van der Waals surface area contributed by atoms with Gasteiger partial charge in [-0.2, -0.15) is 0 Å². The molecule has 2 aromatic rings. The third kappa shape index (κ3) is 4.91. The van der Waals surface area contributed by atoms with E-state index in [1.54, 1.807) is 25.8 Å². The van der Waals surface area contributed by atoms with E-state index < -0.39 is 0 Å². The van der Waals surface area contributed by atoms with E-state index >= 15 is 0 Å². The highest BCUT2D eigenvalue weighted by Crippen LogP contribution is 2.26. The van der Waals surface area contributed by atoms with Gasteiger partial charge in [0.25, 0.3) is 5.56 Å². The van der Waals surface area contributed by atoms with Crippen molar-refractivity contribution >= 4 is 5.91 Å². The molecule has 0 spiro atoms. The molecule has 1 aromatic carbocycles. The Balaban J connectivity index is 1.55. The van der Waals surface area contributed by atoms with E-state index in [0.29, 0.717) is 31.7 Å². The molecule has 1 aliphatic heterocycles. The topological polar surface area (TPSA) is 70.0 Å². The van der Waals surface area contributed by atoms with Gasteiger partial charge >= 0.3 is 0 Å². The van der Waals surface area contributed by atoms with Crippen molar-refractivity contribution in [2.24, 2.45) is 7.05 Å². The summed E-state index contributed by atoms with van der Waals surface area (Å²) in [5.41, 5.74) is 1.72. The molecule has 1 atom stereocenters. The van der Waals surface area contributed by atoms with Crippen LogP contribution in [0.4, 0.5) is 0 Å². The summed E-state index contributed by atoms with van der Waals surface area (Å²) >= 11 is 0. The van der Waals surface area contributed by atoms with Crippen molar-refractivity contribution in [2.45, 2.75) is 32.3 Å². The van der Waals surface area contributed by atoms with Crippen LogP contribution < -0.4 is 19.8 Å². The first-order valence-corrected chi connectivity index (χ1v) is 9.74. The lowest BCUT2D eigenvalue weighted by Gasteiger charge is -2.18. The SMILES string of the molecule is COc1ccc(CCC(=O)N2CCC(Oc3cc(C)n(C)c(=O)c3)C2)c(OC)c1. The molecule has 1 unspecified atom stereocenters. The van der Waals surface area contributed by atoms with Gasteiger partial charge in [-0.15, -0.1) is 0 Å². The van der Waals surface area contributed by atoms with E-state index in [9.17, 15) is 9.59 Å². The molecule has 1 aromatic heterocycles. The second-order valence-electron chi connectivity index (χ2n) is 7.28.